The Bertz CT molecular complexity index is 845. The minimum atomic E-state index is -0.420. The first-order valence-corrected chi connectivity index (χ1v) is 10.5. The van der Waals surface area contributed by atoms with E-state index in [1.54, 1.807) is 0 Å². The Morgan fingerprint density at radius 1 is 1.03 bits per heavy atom. The Morgan fingerprint density at radius 2 is 1.66 bits per heavy atom. The van der Waals surface area contributed by atoms with Crippen molar-refractivity contribution < 1.29 is 9.59 Å². The summed E-state index contributed by atoms with van der Waals surface area (Å²) in [5, 5.41) is 3.20. The first-order valence-electron chi connectivity index (χ1n) is 10.5. The summed E-state index contributed by atoms with van der Waals surface area (Å²) in [5.74, 6) is 0.354. The summed E-state index contributed by atoms with van der Waals surface area (Å²) < 4.78 is 0. The summed E-state index contributed by atoms with van der Waals surface area (Å²) in [6.07, 6.45) is 3.02. The van der Waals surface area contributed by atoms with Crippen molar-refractivity contribution in [3.05, 3.63) is 71.8 Å². The molecule has 0 aromatic heterocycles. The number of rotatable bonds is 6. The molecule has 0 radical (unpaired) electrons. The van der Waals surface area contributed by atoms with Crippen LogP contribution in [-0.4, -0.2) is 53.7 Å². The fourth-order valence-electron chi connectivity index (χ4n) is 4.66. The number of benzene rings is 2. The third-order valence-corrected chi connectivity index (χ3v) is 6.53. The van der Waals surface area contributed by atoms with Crippen LogP contribution in [0.4, 0.5) is 0 Å². The van der Waals surface area contributed by atoms with E-state index in [-0.39, 0.29) is 17.9 Å². The standard InChI is InChI=1S/C24H29N3O2/c1-26-22(20-11-6-3-7-12-20)25-23(29)24(26)14-17-27(18-15-24)16-8-13-21(28)19-9-4-2-5-10-19/h2-7,9-12,22H,8,13-18H2,1H3,(H,25,29). The molecule has 1 N–H and O–H groups in total. The van der Waals surface area contributed by atoms with Crippen LogP contribution in [0.2, 0.25) is 0 Å². The Kier molecular flexibility index (Phi) is 5.79. The average molecular weight is 392 g/mol. The third-order valence-electron chi connectivity index (χ3n) is 6.53. The van der Waals surface area contributed by atoms with Gasteiger partial charge in [0.1, 0.15) is 11.7 Å². The van der Waals surface area contributed by atoms with Crippen LogP contribution in [0.15, 0.2) is 60.7 Å². The molecule has 1 spiro atoms. The predicted molar refractivity (Wildman–Crippen MR) is 114 cm³/mol. The van der Waals surface area contributed by atoms with E-state index in [0.29, 0.717) is 6.42 Å². The zero-order chi connectivity index (χ0) is 20.3. The average Bonchev–Trinajstić information content (AvgIpc) is 3.01. The number of piperidine rings is 1. The van der Waals surface area contributed by atoms with Crippen molar-refractivity contribution in [2.75, 3.05) is 26.7 Å². The molecule has 2 heterocycles. The summed E-state index contributed by atoms with van der Waals surface area (Å²) in [7, 11) is 2.06. The van der Waals surface area contributed by atoms with Gasteiger partial charge in [-0.25, -0.2) is 0 Å². The number of amides is 1. The van der Waals surface area contributed by atoms with Gasteiger partial charge in [0.2, 0.25) is 5.91 Å². The molecule has 4 rings (SSSR count). The van der Waals surface area contributed by atoms with Gasteiger partial charge in [0.25, 0.3) is 0 Å². The van der Waals surface area contributed by atoms with Crippen molar-refractivity contribution in [2.45, 2.75) is 37.4 Å². The SMILES string of the molecule is CN1C(c2ccccc2)NC(=O)C12CCN(CCCC(=O)c1ccccc1)CC2. The lowest BCUT2D eigenvalue weighted by Gasteiger charge is -2.42. The van der Waals surface area contributed by atoms with Gasteiger partial charge in [0, 0.05) is 25.1 Å². The van der Waals surface area contributed by atoms with Crippen LogP contribution >= 0.6 is 0 Å². The Morgan fingerprint density at radius 3 is 2.31 bits per heavy atom. The molecule has 2 aromatic rings. The van der Waals surface area contributed by atoms with Crippen LogP contribution in [0.1, 0.15) is 47.8 Å². The Labute approximate surface area is 172 Å². The molecular formula is C24H29N3O2. The lowest BCUT2D eigenvalue weighted by molar-refractivity contribution is -0.128. The monoisotopic (exact) mass is 391 g/mol. The second kappa shape index (κ2) is 8.47. The van der Waals surface area contributed by atoms with Crippen molar-refractivity contribution in [1.29, 1.82) is 0 Å². The van der Waals surface area contributed by atoms with Gasteiger partial charge in [-0.3, -0.25) is 14.5 Å². The van der Waals surface area contributed by atoms with Gasteiger partial charge in [-0.2, -0.15) is 0 Å². The van der Waals surface area contributed by atoms with Crippen LogP contribution < -0.4 is 5.32 Å². The number of carbonyl (C=O) groups excluding carboxylic acids is 2. The number of nitrogens with zero attached hydrogens (tertiary/aromatic N) is 2. The molecule has 1 unspecified atom stereocenters. The van der Waals surface area contributed by atoms with Gasteiger partial charge >= 0.3 is 0 Å². The Hall–Kier alpha value is -2.50. The van der Waals surface area contributed by atoms with E-state index < -0.39 is 5.54 Å². The quantitative estimate of drug-likeness (QED) is 0.768. The van der Waals surface area contributed by atoms with Crippen molar-refractivity contribution in [2.24, 2.45) is 0 Å². The molecule has 2 aromatic carbocycles. The van der Waals surface area contributed by atoms with Gasteiger partial charge in [0.15, 0.2) is 5.78 Å². The van der Waals surface area contributed by atoms with Crippen molar-refractivity contribution in [3.8, 4) is 0 Å². The van der Waals surface area contributed by atoms with Crippen molar-refractivity contribution >= 4 is 11.7 Å². The number of nitrogens with one attached hydrogen (secondary N) is 1. The highest BCUT2D eigenvalue weighted by molar-refractivity contribution is 5.95. The summed E-state index contributed by atoms with van der Waals surface area (Å²) in [6.45, 7) is 2.68. The number of likely N-dealkylation sites (N-methyl/N-ethyl adjacent to an activating group) is 1. The topological polar surface area (TPSA) is 52.7 Å². The molecule has 29 heavy (non-hydrogen) atoms. The highest BCUT2D eigenvalue weighted by Crippen LogP contribution is 2.38. The van der Waals surface area contributed by atoms with E-state index in [4.69, 9.17) is 0 Å². The highest BCUT2D eigenvalue weighted by Gasteiger charge is 2.52. The van der Waals surface area contributed by atoms with Crippen molar-refractivity contribution in [1.82, 2.24) is 15.1 Å². The maximum atomic E-state index is 12.9. The largest absolute Gasteiger partial charge is 0.335 e. The van der Waals surface area contributed by atoms with Crippen LogP contribution in [0.5, 0.6) is 0 Å². The van der Waals surface area contributed by atoms with E-state index in [0.717, 1.165) is 50.0 Å². The molecule has 2 aliphatic rings. The number of hydrogen-bond acceptors (Lipinski definition) is 4. The highest BCUT2D eigenvalue weighted by atomic mass is 16.2. The molecule has 2 fully saturated rings. The van der Waals surface area contributed by atoms with E-state index in [1.165, 1.54) is 0 Å². The van der Waals surface area contributed by atoms with E-state index in [1.807, 2.05) is 48.5 Å². The second-order valence-electron chi connectivity index (χ2n) is 8.16. The Balaban J connectivity index is 1.30. The molecule has 0 aliphatic carbocycles. The minimum Gasteiger partial charge on any atom is -0.335 e. The molecule has 5 nitrogen and oxygen atoms in total. The van der Waals surface area contributed by atoms with Gasteiger partial charge in [-0.1, -0.05) is 60.7 Å². The van der Waals surface area contributed by atoms with Crippen LogP contribution in [0.3, 0.4) is 0 Å². The second-order valence-corrected chi connectivity index (χ2v) is 8.16. The first-order chi connectivity index (χ1) is 14.1. The molecule has 2 saturated heterocycles. The number of hydrogen-bond donors (Lipinski definition) is 1. The van der Waals surface area contributed by atoms with Crippen LogP contribution in [0, 0.1) is 0 Å². The minimum absolute atomic E-state index is 0.0567. The number of ketones is 1. The molecule has 5 heteroatoms. The predicted octanol–water partition coefficient (Wildman–Crippen LogP) is 3.24. The van der Waals surface area contributed by atoms with E-state index >= 15 is 0 Å². The van der Waals surface area contributed by atoms with Gasteiger partial charge < -0.3 is 10.2 Å². The molecule has 0 bridgehead atoms. The lowest BCUT2D eigenvalue weighted by atomic mass is 9.86. The maximum Gasteiger partial charge on any atom is 0.242 e. The maximum absolute atomic E-state index is 12.9. The molecule has 2 aliphatic heterocycles. The fraction of sp³-hybridized carbons (Fsp3) is 0.417. The van der Waals surface area contributed by atoms with Crippen molar-refractivity contribution in [3.63, 3.8) is 0 Å². The molecule has 1 amide bonds. The molecule has 152 valence electrons. The van der Waals surface area contributed by atoms with E-state index in [2.05, 4.69) is 34.3 Å². The summed E-state index contributed by atoms with van der Waals surface area (Å²) in [4.78, 5) is 29.8. The molecular weight excluding hydrogens is 362 g/mol. The van der Waals surface area contributed by atoms with Gasteiger partial charge in [0.05, 0.1) is 0 Å². The zero-order valence-electron chi connectivity index (χ0n) is 17.0. The molecule has 1 atom stereocenters. The number of carbonyl (C=O) groups is 2. The smallest absolute Gasteiger partial charge is 0.242 e. The summed E-state index contributed by atoms with van der Waals surface area (Å²) in [5.41, 5.74) is 1.50. The van der Waals surface area contributed by atoms with Crippen LogP contribution in [0.25, 0.3) is 0 Å². The third kappa shape index (κ3) is 3.98. The van der Waals surface area contributed by atoms with Gasteiger partial charge in [-0.15, -0.1) is 0 Å². The van der Waals surface area contributed by atoms with E-state index in [9.17, 15) is 9.59 Å². The number of Topliss-reactive ketones (excluding diaryl/α,β-unsaturated/α-hetero) is 1. The summed E-state index contributed by atoms with van der Waals surface area (Å²) >= 11 is 0. The van der Waals surface area contributed by atoms with Crippen LogP contribution in [-0.2, 0) is 4.79 Å². The van der Waals surface area contributed by atoms with Gasteiger partial charge in [-0.05, 0) is 38.4 Å². The fourth-order valence-corrected chi connectivity index (χ4v) is 4.66. The lowest BCUT2D eigenvalue weighted by Crippen LogP contribution is -2.55. The normalized spacial score (nSPS) is 22.0. The zero-order valence-corrected chi connectivity index (χ0v) is 17.0. The summed E-state index contributed by atoms with van der Waals surface area (Å²) in [6, 6.07) is 19.7. The molecule has 0 saturated carbocycles. The number of likely N-dealkylation sites (tertiary alicyclic amines) is 1. The first kappa shape index (κ1) is 19.8.